The highest BCUT2D eigenvalue weighted by atomic mass is 16.2. The molecule has 2 aliphatic rings. The third-order valence-electron chi connectivity index (χ3n) is 5.23. The monoisotopic (exact) mass is 383 g/mol. The normalized spacial score (nSPS) is 15.7. The molecule has 1 aliphatic heterocycles. The van der Waals surface area contributed by atoms with E-state index in [0.717, 1.165) is 44.5 Å². The van der Waals surface area contributed by atoms with Crippen LogP contribution in [0.1, 0.15) is 48.3 Å². The van der Waals surface area contributed by atoms with E-state index in [9.17, 15) is 14.4 Å². The molecule has 148 valence electrons. The lowest BCUT2D eigenvalue weighted by atomic mass is 10.2. The predicted octanol–water partition coefficient (Wildman–Crippen LogP) is 1.55. The zero-order valence-electron chi connectivity index (χ0n) is 15.8. The summed E-state index contributed by atoms with van der Waals surface area (Å²) in [5.74, 6) is 0.899. The van der Waals surface area contributed by atoms with Crippen molar-refractivity contribution < 1.29 is 9.59 Å². The molecule has 2 amide bonds. The number of amides is 2. The van der Waals surface area contributed by atoms with Gasteiger partial charge in [0, 0.05) is 43.2 Å². The molecule has 2 aromatic rings. The van der Waals surface area contributed by atoms with Gasteiger partial charge < -0.3 is 10.6 Å². The minimum absolute atomic E-state index is 0.0495. The fourth-order valence-electron chi connectivity index (χ4n) is 3.42. The molecule has 0 spiro atoms. The average Bonchev–Trinajstić information content (AvgIpc) is 3.51. The maximum absolute atomic E-state index is 12.3. The summed E-state index contributed by atoms with van der Waals surface area (Å²) >= 11 is 0. The molecule has 2 N–H and O–H groups in total. The Labute approximate surface area is 162 Å². The average molecular weight is 383 g/mol. The number of fused-ring (bicyclic) bond motifs is 1. The molecule has 8 heteroatoms. The van der Waals surface area contributed by atoms with E-state index in [2.05, 4.69) is 15.7 Å². The van der Waals surface area contributed by atoms with Crippen LogP contribution >= 0.6 is 0 Å². The second-order valence-corrected chi connectivity index (χ2v) is 7.48. The lowest BCUT2D eigenvalue weighted by Gasteiger charge is -2.09. The third-order valence-corrected chi connectivity index (χ3v) is 5.23. The molecule has 0 atom stereocenters. The van der Waals surface area contributed by atoms with Crippen LogP contribution in [0.5, 0.6) is 0 Å². The number of aromatic nitrogens is 3. The van der Waals surface area contributed by atoms with Gasteiger partial charge in [-0.3, -0.25) is 14.2 Å². The smallest absolute Gasteiger partial charge is 0.345 e. The molecule has 2 heterocycles. The Morgan fingerprint density at radius 2 is 1.93 bits per heavy atom. The van der Waals surface area contributed by atoms with E-state index in [1.807, 2.05) is 0 Å². The number of benzene rings is 1. The number of hydrogen-bond acceptors (Lipinski definition) is 4. The number of nitrogens with one attached hydrogen (secondary N) is 2. The largest absolute Gasteiger partial charge is 0.352 e. The Hall–Kier alpha value is -2.90. The first-order valence-corrected chi connectivity index (χ1v) is 9.97. The van der Waals surface area contributed by atoms with Crippen LogP contribution in [0.3, 0.4) is 0 Å². The molecular formula is C20H25N5O3. The van der Waals surface area contributed by atoms with E-state index in [0.29, 0.717) is 30.8 Å². The molecule has 1 aromatic carbocycles. The summed E-state index contributed by atoms with van der Waals surface area (Å²) in [6, 6.07) is 6.88. The van der Waals surface area contributed by atoms with Crippen molar-refractivity contribution in [3.05, 3.63) is 46.1 Å². The third kappa shape index (κ3) is 4.16. The number of anilines is 1. The highest BCUT2D eigenvalue weighted by molar-refractivity contribution is 5.96. The minimum Gasteiger partial charge on any atom is -0.352 e. The van der Waals surface area contributed by atoms with E-state index in [1.54, 1.807) is 28.8 Å². The summed E-state index contributed by atoms with van der Waals surface area (Å²) < 4.78 is 3.26. The summed E-state index contributed by atoms with van der Waals surface area (Å²) in [7, 11) is 0. The van der Waals surface area contributed by atoms with Crippen LogP contribution in [0.2, 0.25) is 0 Å². The maximum atomic E-state index is 12.3. The van der Waals surface area contributed by atoms with Crippen LogP contribution in [0.4, 0.5) is 5.69 Å². The van der Waals surface area contributed by atoms with Gasteiger partial charge in [-0.2, -0.15) is 5.10 Å². The van der Waals surface area contributed by atoms with Crippen molar-refractivity contribution >= 4 is 17.5 Å². The lowest BCUT2D eigenvalue weighted by molar-refractivity contribution is -0.117. The van der Waals surface area contributed by atoms with Crippen LogP contribution in [0.15, 0.2) is 29.1 Å². The number of aryl methyl sites for hydroxylation is 2. The fraction of sp³-hybridized carbons (Fsp3) is 0.500. The molecule has 1 fully saturated rings. The van der Waals surface area contributed by atoms with Gasteiger partial charge in [-0.05, 0) is 56.4 Å². The Morgan fingerprint density at radius 3 is 2.64 bits per heavy atom. The van der Waals surface area contributed by atoms with Crippen molar-refractivity contribution in [2.24, 2.45) is 5.92 Å². The zero-order chi connectivity index (χ0) is 19.5. The quantitative estimate of drug-likeness (QED) is 0.709. The highest BCUT2D eigenvalue weighted by Gasteiger charge is 2.29. The Morgan fingerprint density at radius 1 is 1.14 bits per heavy atom. The van der Waals surface area contributed by atoms with Crippen molar-refractivity contribution in [2.75, 3.05) is 11.9 Å². The molecule has 1 aliphatic carbocycles. The molecule has 1 aromatic heterocycles. The first-order valence-electron chi connectivity index (χ1n) is 9.97. The number of nitrogens with zero attached hydrogens (tertiary/aromatic N) is 3. The van der Waals surface area contributed by atoms with Gasteiger partial charge in [0.2, 0.25) is 5.91 Å². The summed E-state index contributed by atoms with van der Waals surface area (Å²) in [5, 5.41) is 10.1. The molecule has 0 unspecified atom stereocenters. The SMILES string of the molecule is O=C(NCCCn1nc2n(c1=O)CCCC2)c1ccc(NC(=O)C2CC2)cc1. The molecule has 1 saturated carbocycles. The van der Waals surface area contributed by atoms with Gasteiger partial charge >= 0.3 is 5.69 Å². The maximum Gasteiger partial charge on any atom is 0.345 e. The Bertz CT molecular complexity index is 924. The van der Waals surface area contributed by atoms with Crippen molar-refractivity contribution in [3.8, 4) is 0 Å². The Balaban J connectivity index is 1.24. The summed E-state index contributed by atoms with van der Waals surface area (Å²) in [6.45, 7) is 1.71. The van der Waals surface area contributed by atoms with E-state index in [1.165, 1.54) is 4.68 Å². The topological polar surface area (TPSA) is 98.0 Å². The summed E-state index contributed by atoms with van der Waals surface area (Å²) in [4.78, 5) is 36.3. The van der Waals surface area contributed by atoms with Crippen LogP contribution in [0.25, 0.3) is 0 Å². The summed E-state index contributed by atoms with van der Waals surface area (Å²) in [6.07, 6.45) is 5.51. The first kappa shape index (κ1) is 18.5. The molecule has 0 saturated heterocycles. The Kier molecular flexibility index (Phi) is 5.27. The lowest BCUT2D eigenvalue weighted by Crippen LogP contribution is -2.29. The van der Waals surface area contributed by atoms with E-state index < -0.39 is 0 Å². The van der Waals surface area contributed by atoms with Gasteiger partial charge in [-0.15, -0.1) is 0 Å². The number of carbonyl (C=O) groups excluding carboxylic acids is 2. The number of rotatable bonds is 7. The highest BCUT2D eigenvalue weighted by Crippen LogP contribution is 2.30. The van der Waals surface area contributed by atoms with Crippen LogP contribution < -0.4 is 16.3 Å². The molecule has 8 nitrogen and oxygen atoms in total. The second kappa shape index (κ2) is 8.00. The standard InChI is InChI=1S/C20H25N5O3/c26-18(14-7-9-16(10-8-14)22-19(27)15-5-6-15)21-11-3-13-25-20(28)24-12-2-1-4-17(24)23-25/h7-10,15H,1-6,11-13H2,(H,21,26)(H,22,27). The van der Waals surface area contributed by atoms with Crippen LogP contribution in [-0.4, -0.2) is 32.7 Å². The zero-order valence-corrected chi connectivity index (χ0v) is 15.8. The number of hydrogen-bond donors (Lipinski definition) is 2. The van der Waals surface area contributed by atoms with Crippen molar-refractivity contribution in [1.29, 1.82) is 0 Å². The molecule has 0 radical (unpaired) electrons. The van der Waals surface area contributed by atoms with E-state index in [-0.39, 0.29) is 23.4 Å². The van der Waals surface area contributed by atoms with E-state index >= 15 is 0 Å². The molecule has 0 bridgehead atoms. The second-order valence-electron chi connectivity index (χ2n) is 7.48. The van der Waals surface area contributed by atoms with E-state index in [4.69, 9.17) is 0 Å². The molecular weight excluding hydrogens is 358 g/mol. The van der Waals surface area contributed by atoms with Gasteiger partial charge in [0.25, 0.3) is 5.91 Å². The van der Waals surface area contributed by atoms with Gasteiger partial charge in [-0.25, -0.2) is 9.48 Å². The molecule has 4 rings (SSSR count). The van der Waals surface area contributed by atoms with Crippen molar-refractivity contribution in [2.45, 2.75) is 51.6 Å². The van der Waals surface area contributed by atoms with Crippen LogP contribution in [-0.2, 0) is 24.3 Å². The fourth-order valence-corrected chi connectivity index (χ4v) is 3.42. The minimum atomic E-state index is -0.170. The summed E-state index contributed by atoms with van der Waals surface area (Å²) in [5.41, 5.74) is 1.19. The van der Waals surface area contributed by atoms with Crippen molar-refractivity contribution in [3.63, 3.8) is 0 Å². The van der Waals surface area contributed by atoms with Crippen molar-refractivity contribution in [1.82, 2.24) is 19.7 Å². The molecule has 28 heavy (non-hydrogen) atoms. The predicted molar refractivity (Wildman–Crippen MR) is 104 cm³/mol. The van der Waals surface area contributed by atoms with Crippen LogP contribution in [0, 0.1) is 5.92 Å². The first-order chi connectivity index (χ1) is 13.6. The van der Waals surface area contributed by atoms with Gasteiger partial charge in [0.1, 0.15) is 5.82 Å². The van der Waals surface area contributed by atoms with Gasteiger partial charge in [-0.1, -0.05) is 0 Å². The van der Waals surface area contributed by atoms with Gasteiger partial charge in [0.05, 0.1) is 0 Å². The number of carbonyl (C=O) groups is 2. The van der Waals surface area contributed by atoms with Gasteiger partial charge in [0.15, 0.2) is 0 Å².